The fourth-order valence-electron chi connectivity index (χ4n) is 2.42. The minimum Gasteiger partial charge on any atom is -0.337 e. The van der Waals surface area contributed by atoms with Gasteiger partial charge in [0.1, 0.15) is 5.82 Å². The number of nitrogens with zero attached hydrogens (tertiary/aromatic N) is 2. The minimum atomic E-state index is -0.247. The quantitative estimate of drug-likeness (QED) is 0.573. The van der Waals surface area contributed by atoms with E-state index >= 15 is 0 Å². The maximum absolute atomic E-state index is 11.9. The number of halogens is 1. The van der Waals surface area contributed by atoms with Crippen LogP contribution in [0.1, 0.15) is 22.8 Å². The number of aryl methyl sites for hydroxylation is 1. The Morgan fingerprint density at radius 3 is 2.58 bits per heavy atom. The number of urea groups is 1. The second-order valence-electron chi connectivity index (χ2n) is 6.00. The van der Waals surface area contributed by atoms with Crippen LogP contribution in [0.4, 0.5) is 10.5 Å². The normalized spacial score (nSPS) is 10.5. The van der Waals surface area contributed by atoms with Crippen molar-refractivity contribution in [3.8, 4) is 0 Å². The van der Waals surface area contributed by atoms with Crippen LogP contribution in [0.15, 0.2) is 53.0 Å². The summed E-state index contributed by atoms with van der Waals surface area (Å²) < 4.78 is 0.967. The van der Waals surface area contributed by atoms with E-state index in [9.17, 15) is 4.79 Å². The molecule has 1 heterocycles. The molecule has 0 spiro atoms. The highest BCUT2D eigenvalue weighted by Gasteiger charge is 2.06. The Balaban J connectivity index is 1.43. The molecule has 0 aliphatic carbocycles. The molecule has 0 radical (unpaired) electrons. The number of rotatable bonds is 6. The average molecular weight is 414 g/mol. The number of nitrogens with one attached hydrogen (secondary N) is 3. The summed E-state index contributed by atoms with van der Waals surface area (Å²) in [5.41, 5.74) is 3.16. The summed E-state index contributed by atoms with van der Waals surface area (Å²) in [7, 11) is 0. The van der Waals surface area contributed by atoms with Crippen molar-refractivity contribution in [3.05, 3.63) is 75.8 Å². The van der Waals surface area contributed by atoms with Gasteiger partial charge >= 0.3 is 6.03 Å². The third-order valence-corrected chi connectivity index (χ3v) is 4.34. The number of amides is 2. The predicted octanol–water partition coefficient (Wildman–Crippen LogP) is 3.83. The molecular formula is C19H20BrN5O. The molecule has 0 saturated carbocycles. The molecule has 134 valence electrons. The molecule has 7 heteroatoms. The van der Waals surface area contributed by atoms with Crippen molar-refractivity contribution in [3.63, 3.8) is 0 Å². The highest BCUT2D eigenvalue weighted by Crippen LogP contribution is 2.13. The maximum Gasteiger partial charge on any atom is 0.319 e. The van der Waals surface area contributed by atoms with Crippen molar-refractivity contribution in [1.29, 1.82) is 0 Å². The molecule has 3 aromatic rings. The van der Waals surface area contributed by atoms with E-state index < -0.39 is 0 Å². The van der Waals surface area contributed by atoms with Crippen LogP contribution in [0.25, 0.3) is 0 Å². The fraction of sp³-hybridized carbons (Fsp3) is 0.211. The molecule has 0 bridgehead atoms. The Morgan fingerprint density at radius 1 is 1.12 bits per heavy atom. The van der Waals surface area contributed by atoms with Crippen LogP contribution in [0.2, 0.25) is 0 Å². The standard InChI is InChI=1S/C19H20BrN5O/c1-13-2-4-14(5-3-13)12-18-23-17(24-25-18)10-11-21-19(26)22-16-8-6-15(20)7-9-16/h2-9H,10-12H2,1H3,(H2,21,22,26)(H,23,24,25). The smallest absolute Gasteiger partial charge is 0.319 e. The lowest BCUT2D eigenvalue weighted by Gasteiger charge is -2.06. The highest BCUT2D eigenvalue weighted by molar-refractivity contribution is 9.10. The molecule has 0 aliphatic heterocycles. The first kappa shape index (κ1) is 18.1. The van der Waals surface area contributed by atoms with Gasteiger partial charge in [0.15, 0.2) is 5.82 Å². The largest absolute Gasteiger partial charge is 0.337 e. The van der Waals surface area contributed by atoms with Gasteiger partial charge in [-0.25, -0.2) is 9.78 Å². The van der Waals surface area contributed by atoms with Gasteiger partial charge in [-0.3, -0.25) is 5.10 Å². The molecule has 0 fully saturated rings. The summed E-state index contributed by atoms with van der Waals surface area (Å²) in [5.74, 6) is 1.51. The lowest BCUT2D eigenvalue weighted by atomic mass is 10.1. The van der Waals surface area contributed by atoms with E-state index in [0.29, 0.717) is 25.2 Å². The van der Waals surface area contributed by atoms with Crippen molar-refractivity contribution in [2.24, 2.45) is 0 Å². The molecule has 2 aromatic carbocycles. The molecule has 1 aromatic heterocycles. The second-order valence-corrected chi connectivity index (χ2v) is 6.91. The van der Waals surface area contributed by atoms with E-state index in [1.807, 2.05) is 24.3 Å². The van der Waals surface area contributed by atoms with E-state index in [0.717, 1.165) is 16.0 Å². The number of anilines is 1. The first-order valence-corrected chi connectivity index (χ1v) is 9.14. The zero-order valence-corrected chi connectivity index (χ0v) is 16.0. The molecule has 3 rings (SSSR count). The Bertz CT molecular complexity index is 858. The van der Waals surface area contributed by atoms with Gasteiger partial charge in [0.2, 0.25) is 0 Å². The lowest BCUT2D eigenvalue weighted by molar-refractivity contribution is 0.252. The molecule has 6 nitrogen and oxygen atoms in total. The summed E-state index contributed by atoms with van der Waals surface area (Å²) in [4.78, 5) is 16.4. The number of hydrogen-bond donors (Lipinski definition) is 3. The number of aromatic amines is 1. The molecule has 0 atom stereocenters. The van der Waals surface area contributed by atoms with E-state index in [4.69, 9.17) is 0 Å². The van der Waals surface area contributed by atoms with Gasteiger partial charge in [-0.2, -0.15) is 5.10 Å². The van der Waals surface area contributed by atoms with Crippen molar-refractivity contribution in [2.75, 3.05) is 11.9 Å². The van der Waals surface area contributed by atoms with Crippen LogP contribution in [0, 0.1) is 6.92 Å². The van der Waals surface area contributed by atoms with Crippen molar-refractivity contribution < 1.29 is 4.79 Å². The first-order chi connectivity index (χ1) is 12.6. The molecule has 0 aliphatic rings. The van der Waals surface area contributed by atoms with Gasteiger partial charge in [-0.05, 0) is 36.8 Å². The van der Waals surface area contributed by atoms with Gasteiger partial charge in [-0.15, -0.1) is 0 Å². The molecule has 0 saturated heterocycles. The van der Waals surface area contributed by atoms with Crippen LogP contribution in [0.5, 0.6) is 0 Å². The van der Waals surface area contributed by atoms with Gasteiger partial charge in [0.25, 0.3) is 0 Å². The molecular weight excluding hydrogens is 394 g/mol. The molecule has 2 amide bonds. The van der Waals surface area contributed by atoms with Crippen LogP contribution < -0.4 is 10.6 Å². The third-order valence-electron chi connectivity index (χ3n) is 3.81. The van der Waals surface area contributed by atoms with Gasteiger partial charge in [0.05, 0.1) is 0 Å². The fourth-order valence-corrected chi connectivity index (χ4v) is 2.69. The maximum atomic E-state index is 11.9. The summed E-state index contributed by atoms with van der Waals surface area (Å²) >= 11 is 3.36. The van der Waals surface area contributed by atoms with Gasteiger partial charge in [0, 0.05) is 29.5 Å². The van der Waals surface area contributed by atoms with E-state index in [2.05, 4.69) is 72.9 Å². The number of carbonyl (C=O) groups is 1. The van der Waals surface area contributed by atoms with Crippen LogP contribution in [-0.2, 0) is 12.8 Å². The number of carbonyl (C=O) groups excluding carboxylic acids is 1. The number of hydrogen-bond acceptors (Lipinski definition) is 3. The molecule has 3 N–H and O–H groups in total. The van der Waals surface area contributed by atoms with E-state index in [1.54, 1.807) is 0 Å². The molecule has 0 unspecified atom stereocenters. The lowest BCUT2D eigenvalue weighted by Crippen LogP contribution is -2.30. The van der Waals surface area contributed by atoms with Gasteiger partial charge in [-0.1, -0.05) is 45.8 Å². The van der Waals surface area contributed by atoms with Crippen LogP contribution in [0.3, 0.4) is 0 Å². The van der Waals surface area contributed by atoms with Crippen LogP contribution >= 0.6 is 15.9 Å². The minimum absolute atomic E-state index is 0.247. The Hall–Kier alpha value is -2.67. The second kappa shape index (κ2) is 8.62. The predicted molar refractivity (Wildman–Crippen MR) is 105 cm³/mol. The Kier molecular flexibility index (Phi) is 6.01. The Morgan fingerprint density at radius 2 is 1.85 bits per heavy atom. The zero-order valence-electron chi connectivity index (χ0n) is 14.4. The molecule has 26 heavy (non-hydrogen) atoms. The van der Waals surface area contributed by atoms with Crippen molar-refractivity contribution in [1.82, 2.24) is 20.5 Å². The van der Waals surface area contributed by atoms with Crippen LogP contribution in [-0.4, -0.2) is 27.8 Å². The number of benzene rings is 2. The summed E-state index contributed by atoms with van der Waals surface area (Å²) in [6.45, 7) is 2.53. The summed E-state index contributed by atoms with van der Waals surface area (Å²) in [6.07, 6.45) is 1.28. The summed E-state index contributed by atoms with van der Waals surface area (Å²) in [6, 6.07) is 15.5. The highest BCUT2D eigenvalue weighted by atomic mass is 79.9. The SMILES string of the molecule is Cc1ccc(Cc2nc(CCNC(=O)Nc3ccc(Br)cc3)n[nH]2)cc1. The van der Waals surface area contributed by atoms with Crippen molar-refractivity contribution in [2.45, 2.75) is 19.8 Å². The van der Waals surface area contributed by atoms with E-state index in [1.165, 1.54) is 11.1 Å². The third kappa shape index (κ3) is 5.42. The number of aromatic nitrogens is 3. The average Bonchev–Trinajstić information content (AvgIpc) is 3.06. The van der Waals surface area contributed by atoms with E-state index in [-0.39, 0.29) is 6.03 Å². The first-order valence-electron chi connectivity index (χ1n) is 8.34. The monoisotopic (exact) mass is 413 g/mol. The topological polar surface area (TPSA) is 82.7 Å². The zero-order chi connectivity index (χ0) is 18.4. The van der Waals surface area contributed by atoms with Crippen molar-refractivity contribution >= 4 is 27.6 Å². The Labute approximate surface area is 160 Å². The van der Waals surface area contributed by atoms with Gasteiger partial charge < -0.3 is 10.6 Å². The summed E-state index contributed by atoms with van der Waals surface area (Å²) in [5, 5.41) is 12.7. The number of H-pyrrole nitrogens is 1.